The number of rotatable bonds is 6. The molecule has 0 amide bonds. The minimum atomic E-state index is -3.72. The molecule has 1 fully saturated rings. The monoisotopic (exact) mass is 391 g/mol. The molecule has 0 bridgehead atoms. The van der Waals surface area contributed by atoms with E-state index < -0.39 is 10.0 Å². The van der Waals surface area contributed by atoms with Gasteiger partial charge in [-0.25, -0.2) is 12.8 Å². The number of hydrogen-bond donors (Lipinski definition) is 1. The molecule has 0 aliphatic carbocycles. The molecule has 0 spiro atoms. The van der Waals surface area contributed by atoms with E-state index in [0.717, 1.165) is 11.1 Å². The predicted octanol–water partition coefficient (Wildman–Crippen LogP) is 4.05. The maximum Gasteiger partial charge on any atom is 0.243 e. The van der Waals surface area contributed by atoms with Gasteiger partial charge in [0.05, 0.1) is 10.9 Å². The Hall–Kier alpha value is -1.76. The van der Waals surface area contributed by atoms with Gasteiger partial charge in [-0.3, -0.25) is 0 Å². The van der Waals surface area contributed by atoms with Crippen molar-refractivity contribution in [3.8, 4) is 0 Å². The van der Waals surface area contributed by atoms with E-state index in [9.17, 15) is 17.9 Å². The van der Waals surface area contributed by atoms with Crippen molar-refractivity contribution in [3.63, 3.8) is 0 Å². The molecule has 1 aliphatic rings. The van der Waals surface area contributed by atoms with Crippen LogP contribution in [0.3, 0.4) is 0 Å². The normalized spacial score (nSPS) is 22.1. The quantitative estimate of drug-likeness (QED) is 0.808. The van der Waals surface area contributed by atoms with Crippen LogP contribution >= 0.6 is 0 Å². The first-order valence-electron chi connectivity index (χ1n) is 9.31. The Morgan fingerprint density at radius 3 is 2.33 bits per heavy atom. The summed E-state index contributed by atoms with van der Waals surface area (Å²) in [6, 6.07) is 12.4. The summed E-state index contributed by atoms with van der Waals surface area (Å²) in [6.07, 6.45) is 1.94. The highest BCUT2D eigenvalue weighted by molar-refractivity contribution is 7.89. The molecule has 27 heavy (non-hydrogen) atoms. The minimum Gasteiger partial charge on any atom is -0.396 e. The fourth-order valence-electron chi connectivity index (χ4n) is 3.92. The van der Waals surface area contributed by atoms with Crippen LogP contribution in [0.1, 0.15) is 43.4 Å². The summed E-state index contributed by atoms with van der Waals surface area (Å²) in [5.41, 5.74) is 1.79. The molecule has 4 nitrogen and oxygen atoms in total. The summed E-state index contributed by atoms with van der Waals surface area (Å²) in [4.78, 5) is 0.267. The lowest BCUT2D eigenvalue weighted by molar-refractivity contribution is 0.205. The molecule has 0 aromatic heterocycles. The number of aryl methyl sites for hydroxylation is 1. The number of halogens is 1. The fourth-order valence-corrected chi connectivity index (χ4v) is 5.88. The van der Waals surface area contributed by atoms with Crippen LogP contribution in [0, 0.1) is 18.7 Å². The molecular formula is C21H26FNO3S. The number of sulfonamides is 1. The van der Waals surface area contributed by atoms with Crippen LogP contribution in [-0.2, 0) is 10.0 Å². The Kier molecular flexibility index (Phi) is 5.99. The molecule has 1 saturated heterocycles. The van der Waals surface area contributed by atoms with Gasteiger partial charge in [0.15, 0.2) is 0 Å². The lowest BCUT2D eigenvalue weighted by Gasteiger charge is -2.33. The van der Waals surface area contributed by atoms with Crippen molar-refractivity contribution in [3.05, 3.63) is 65.5 Å². The van der Waals surface area contributed by atoms with Crippen LogP contribution in [0.5, 0.6) is 0 Å². The average Bonchev–Trinajstić information content (AvgIpc) is 3.09. The Morgan fingerprint density at radius 2 is 1.74 bits per heavy atom. The molecule has 0 radical (unpaired) electrons. The van der Waals surface area contributed by atoms with E-state index >= 15 is 0 Å². The topological polar surface area (TPSA) is 57.6 Å². The number of hydrogen-bond acceptors (Lipinski definition) is 3. The van der Waals surface area contributed by atoms with E-state index in [0.29, 0.717) is 19.3 Å². The highest BCUT2D eigenvalue weighted by Crippen LogP contribution is 2.43. The van der Waals surface area contributed by atoms with Gasteiger partial charge in [-0.2, -0.15) is 4.31 Å². The molecule has 1 unspecified atom stereocenters. The van der Waals surface area contributed by atoms with Gasteiger partial charge in [0.25, 0.3) is 0 Å². The van der Waals surface area contributed by atoms with Crippen LogP contribution in [0.2, 0.25) is 0 Å². The van der Waals surface area contributed by atoms with Crippen molar-refractivity contribution < 1.29 is 17.9 Å². The van der Waals surface area contributed by atoms with Crippen molar-refractivity contribution in [2.24, 2.45) is 5.92 Å². The highest BCUT2D eigenvalue weighted by atomic mass is 32.2. The maximum absolute atomic E-state index is 13.5. The lowest BCUT2D eigenvalue weighted by atomic mass is 9.97. The third kappa shape index (κ3) is 4.08. The molecule has 0 saturated carbocycles. The van der Waals surface area contributed by atoms with Crippen LogP contribution in [0.4, 0.5) is 4.39 Å². The van der Waals surface area contributed by atoms with Gasteiger partial charge in [0, 0.05) is 12.6 Å². The van der Waals surface area contributed by atoms with Crippen molar-refractivity contribution >= 4 is 10.0 Å². The third-order valence-corrected chi connectivity index (χ3v) is 7.41. The zero-order chi connectivity index (χ0) is 19.6. The zero-order valence-corrected chi connectivity index (χ0v) is 16.5. The average molecular weight is 392 g/mol. The zero-order valence-electron chi connectivity index (χ0n) is 15.7. The summed E-state index contributed by atoms with van der Waals surface area (Å²) < 4.78 is 42.0. The summed E-state index contributed by atoms with van der Waals surface area (Å²) in [5.74, 6) is -0.310. The van der Waals surface area contributed by atoms with Gasteiger partial charge in [0.2, 0.25) is 10.0 Å². The number of aliphatic hydroxyl groups is 1. The van der Waals surface area contributed by atoms with Gasteiger partial charge in [-0.1, -0.05) is 36.8 Å². The lowest BCUT2D eigenvalue weighted by Crippen LogP contribution is -2.41. The molecular weight excluding hydrogens is 365 g/mol. The van der Waals surface area contributed by atoms with Crippen molar-refractivity contribution in [2.75, 3.05) is 6.61 Å². The molecule has 3 atom stereocenters. The first-order chi connectivity index (χ1) is 12.8. The number of nitrogens with zero attached hydrogens (tertiary/aromatic N) is 1. The van der Waals surface area contributed by atoms with Gasteiger partial charge in [0.1, 0.15) is 5.82 Å². The van der Waals surface area contributed by atoms with Crippen molar-refractivity contribution in [1.82, 2.24) is 4.31 Å². The number of aliphatic hydroxyl groups excluding tert-OH is 1. The van der Waals surface area contributed by atoms with Gasteiger partial charge in [-0.15, -0.1) is 0 Å². The molecule has 146 valence electrons. The standard InChI is InChI=1S/C21H26FNO3S/c1-15-3-9-19(10-4-15)27(25,26)23-20(16(2)13-14-24)11-12-21(23)17-5-7-18(22)8-6-17/h3-10,16,20-21,24H,11-14H2,1-2H3/t16?,20-,21-/m0/s1. The van der Waals surface area contributed by atoms with E-state index in [1.165, 1.54) is 12.1 Å². The Morgan fingerprint density at radius 1 is 1.11 bits per heavy atom. The third-order valence-electron chi connectivity index (χ3n) is 5.46. The molecule has 2 aromatic rings. The second kappa shape index (κ2) is 8.09. The van der Waals surface area contributed by atoms with E-state index in [2.05, 4.69) is 0 Å². The van der Waals surface area contributed by atoms with Crippen LogP contribution in [0.15, 0.2) is 53.4 Å². The molecule has 1 heterocycles. The van der Waals surface area contributed by atoms with Gasteiger partial charge < -0.3 is 5.11 Å². The maximum atomic E-state index is 13.5. The van der Waals surface area contributed by atoms with Crippen molar-refractivity contribution in [2.45, 2.75) is 50.1 Å². The SMILES string of the molecule is Cc1ccc(S(=O)(=O)N2[C@H](c3ccc(F)cc3)CC[C@H]2C(C)CCO)cc1. The minimum absolute atomic E-state index is 0.0251. The Labute approximate surface area is 160 Å². The molecule has 2 aromatic carbocycles. The summed E-state index contributed by atoms with van der Waals surface area (Å²) in [6.45, 7) is 3.92. The molecule has 1 aliphatic heterocycles. The Balaban J connectivity index is 2.04. The fraction of sp³-hybridized carbons (Fsp3) is 0.429. The summed E-state index contributed by atoms with van der Waals surface area (Å²) in [7, 11) is -3.72. The molecule has 3 rings (SSSR count). The highest BCUT2D eigenvalue weighted by Gasteiger charge is 2.44. The largest absolute Gasteiger partial charge is 0.396 e. The van der Waals surface area contributed by atoms with Gasteiger partial charge in [-0.05, 0) is 61.9 Å². The summed E-state index contributed by atoms with van der Waals surface area (Å²) in [5, 5.41) is 9.34. The van der Waals surface area contributed by atoms with Crippen molar-refractivity contribution in [1.29, 1.82) is 0 Å². The van der Waals surface area contributed by atoms with Crippen LogP contribution in [0.25, 0.3) is 0 Å². The van der Waals surface area contributed by atoms with E-state index in [4.69, 9.17) is 0 Å². The smallest absolute Gasteiger partial charge is 0.243 e. The molecule has 6 heteroatoms. The molecule has 1 N–H and O–H groups in total. The van der Waals surface area contributed by atoms with Gasteiger partial charge >= 0.3 is 0 Å². The van der Waals surface area contributed by atoms with E-state index in [1.54, 1.807) is 40.7 Å². The van der Waals surface area contributed by atoms with Crippen LogP contribution < -0.4 is 0 Å². The van der Waals surface area contributed by atoms with Crippen LogP contribution in [-0.4, -0.2) is 30.5 Å². The predicted molar refractivity (Wildman–Crippen MR) is 103 cm³/mol. The second-order valence-electron chi connectivity index (χ2n) is 7.35. The summed E-state index contributed by atoms with van der Waals surface area (Å²) >= 11 is 0. The second-order valence-corrected chi connectivity index (χ2v) is 9.19. The first kappa shape index (κ1) is 20.0. The van der Waals surface area contributed by atoms with E-state index in [-0.39, 0.29) is 35.3 Å². The van der Waals surface area contributed by atoms with E-state index in [1.807, 2.05) is 13.8 Å². The number of benzene rings is 2. The first-order valence-corrected chi connectivity index (χ1v) is 10.7. The Bertz CT molecular complexity index is 865.